The molecular weight excluding hydrogens is 562 g/mol. The van der Waals surface area contributed by atoms with E-state index >= 15 is 0 Å². The number of nitrogens with zero attached hydrogens (tertiary/aromatic N) is 3. The van der Waals surface area contributed by atoms with Crippen LogP contribution in [0.1, 0.15) is 42.1 Å². The van der Waals surface area contributed by atoms with Crippen molar-refractivity contribution in [1.29, 1.82) is 0 Å². The number of nitrogens with one attached hydrogen (secondary N) is 1. The number of methoxy groups -OCH3 is 1. The van der Waals surface area contributed by atoms with Crippen molar-refractivity contribution in [3.63, 3.8) is 0 Å². The van der Waals surface area contributed by atoms with Gasteiger partial charge in [-0.2, -0.15) is 0 Å². The highest BCUT2D eigenvalue weighted by molar-refractivity contribution is 6.30. The molecule has 3 N–H and O–H groups in total. The van der Waals surface area contributed by atoms with Crippen molar-refractivity contribution in [1.82, 2.24) is 14.9 Å². The zero-order valence-electron chi connectivity index (χ0n) is 24.7. The fraction of sp³-hybridized carbons (Fsp3) is 0.353. The number of H-pyrrole nitrogens is 1. The number of halogens is 1. The number of piperazine rings is 1. The SMILES string of the molecule is COC(=O)c1ccc(N2CCN(CC3=C(c4ccc(Cl)cc4)CC[C@@](C)(CN)C3)CC2)cc1Oc1cnc2[nH]ccc2c1. The van der Waals surface area contributed by atoms with Crippen molar-refractivity contribution < 1.29 is 14.3 Å². The molecule has 2 aromatic carbocycles. The van der Waals surface area contributed by atoms with Gasteiger partial charge in [0, 0.05) is 61.1 Å². The molecule has 3 heterocycles. The first-order valence-corrected chi connectivity index (χ1v) is 15.2. The topological polar surface area (TPSA) is 96.7 Å². The Balaban J connectivity index is 1.18. The van der Waals surface area contributed by atoms with Gasteiger partial charge in [-0.3, -0.25) is 4.90 Å². The average molecular weight is 600 g/mol. The van der Waals surface area contributed by atoms with E-state index in [1.165, 1.54) is 23.8 Å². The van der Waals surface area contributed by atoms with Gasteiger partial charge in [-0.1, -0.05) is 36.2 Å². The van der Waals surface area contributed by atoms with Gasteiger partial charge in [0.15, 0.2) is 0 Å². The van der Waals surface area contributed by atoms with Crippen molar-refractivity contribution >= 4 is 39.9 Å². The summed E-state index contributed by atoms with van der Waals surface area (Å²) >= 11 is 6.19. The molecule has 0 saturated carbocycles. The van der Waals surface area contributed by atoms with E-state index in [1.807, 2.05) is 42.6 Å². The Bertz CT molecular complexity index is 1640. The normalized spacial score (nSPS) is 19.6. The number of anilines is 1. The van der Waals surface area contributed by atoms with Crippen LogP contribution in [0.25, 0.3) is 16.6 Å². The van der Waals surface area contributed by atoms with Crippen LogP contribution < -0.4 is 15.4 Å². The van der Waals surface area contributed by atoms with Crippen LogP contribution >= 0.6 is 11.6 Å². The molecule has 6 rings (SSSR count). The molecule has 1 aliphatic heterocycles. The number of benzene rings is 2. The minimum Gasteiger partial charge on any atom is -0.465 e. The third-order valence-electron chi connectivity index (χ3n) is 8.86. The van der Waals surface area contributed by atoms with Gasteiger partial charge in [-0.15, -0.1) is 0 Å². The summed E-state index contributed by atoms with van der Waals surface area (Å²) < 4.78 is 11.3. The Morgan fingerprint density at radius 1 is 1.09 bits per heavy atom. The number of carbonyl (C=O) groups excluding carboxylic acids is 1. The first kappa shape index (κ1) is 29.2. The largest absolute Gasteiger partial charge is 0.465 e. The van der Waals surface area contributed by atoms with E-state index in [1.54, 1.807) is 12.3 Å². The second kappa shape index (κ2) is 12.4. The molecule has 8 nitrogen and oxygen atoms in total. The van der Waals surface area contributed by atoms with E-state index in [4.69, 9.17) is 26.8 Å². The number of carbonyl (C=O) groups is 1. The number of nitrogens with two attached hydrogens (primary N) is 1. The lowest BCUT2D eigenvalue weighted by Gasteiger charge is -2.40. The molecule has 0 bridgehead atoms. The summed E-state index contributed by atoms with van der Waals surface area (Å²) in [6.45, 7) is 7.54. The quantitative estimate of drug-likeness (QED) is 0.223. The highest BCUT2D eigenvalue weighted by atomic mass is 35.5. The maximum Gasteiger partial charge on any atom is 0.341 e. The van der Waals surface area contributed by atoms with E-state index in [-0.39, 0.29) is 5.41 Å². The molecule has 9 heteroatoms. The van der Waals surface area contributed by atoms with Gasteiger partial charge in [0.2, 0.25) is 0 Å². The molecule has 2 aliphatic rings. The first-order valence-electron chi connectivity index (χ1n) is 14.8. The average Bonchev–Trinajstić information content (AvgIpc) is 3.50. The van der Waals surface area contributed by atoms with Gasteiger partial charge in [0.05, 0.1) is 13.3 Å². The standard InChI is InChI=1S/C34H38ClN5O3/c1-34(22-36)11-9-29(23-3-5-26(35)6-4-23)25(19-34)21-39-13-15-40(16-14-39)27-7-8-30(33(41)42-2)31(18-27)43-28-17-24-10-12-37-32(24)38-20-28/h3-8,10,12,17-18,20H,9,11,13-16,19,21-22,36H2,1-2H3,(H,37,38)/t34-/m1/s1. The number of aromatic nitrogens is 2. The number of fused-ring (bicyclic) bond motifs is 1. The Kier molecular flexibility index (Phi) is 8.43. The zero-order chi connectivity index (χ0) is 30.0. The second-order valence-electron chi connectivity index (χ2n) is 11.9. The monoisotopic (exact) mass is 599 g/mol. The van der Waals surface area contributed by atoms with Gasteiger partial charge in [-0.05, 0) is 78.8 Å². The Labute approximate surface area is 257 Å². The summed E-state index contributed by atoms with van der Waals surface area (Å²) in [7, 11) is 1.38. The molecule has 1 saturated heterocycles. The Morgan fingerprint density at radius 3 is 2.63 bits per heavy atom. The minimum atomic E-state index is -0.441. The molecule has 0 amide bonds. The maximum atomic E-state index is 12.6. The molecule has 1 aliphatic carbocycles. The van der Waals surface area contributed by atoms with Crippen molar-refractivity contribution in [2.45, 2.75) is 26.2 Å². The van der Waals surface area contributed by atoms with E-state index in [2.05, 4.69) is 38.8 Å². The molecule has 224 valence electrons. The summed E-state index contributed by atoms with van der Waals surface area (Å²) in [6.07, 6.45) is 6.63. The number of ether oxygens (including phenoxy) is 2. The van der Waals surface area contributed by atoms with Gasteiger partial charge in [-0.25, -0.2) is 9.78 Å². The van der Waals surface area contributed by atoms with Crippen LogP contribution in [-0.2, 0) is 4.74 Å². The smallest absolute Gasteiger partial charge is 0.341 e. The van der Waals surface area contributed by atoms with E-state index < -0.39 is 5.97 Å². The molecule has 0 unspecified atom stereocenters. The molecule has 43 heavy (non-hydrogen) atoms. The van der Waals surface area contributed by atoms with Gasteiger partial charge >= 0.3 is 5.97 Å². The number of pyridine rings is 1. The molecule has 0 radical (unpaired) electrons. The number of rotatable bonds is 8. The summed E-state index contributed by atoms with van der Waals surface area (Å²) in [5, 5.41) is 1.69. The molecule has 4 aromatic rings. The van der Waals surface area contributed by atoms with Crippen LogP contribution in [0, 0.1) is 5.41 Å². The lowest BCUT2D eigenvalue weighted by molar-refractivity contribution is 0.0598. The van der Waals surface area contributed by atoms with E-state index in [0.717, 1.165) is 73.7 Å². The second-order valence-corrected chi connectivity index (χ2v) is 12.3. The van der Waals surface area contributed by atoms with Crippen molar-refractivity contribution in [2.75, 3.05) is 51.3 Å². The van der Waals surface area contributed by atoms with E-state index in [9.17, 15) is 4.79 Å². The minimum absolute atomic E-state index is 0.131. The van der Waals surface area contributed by atoms with Gasteiger partial charge in [0.25, 0.3) is 0 Å². The summed E-state index contributed by atoms with van der Waals surface area (Å²) in [5.41, 5.74) is 12.7. The molecule has 1 fully saturated rings. The summed E-state index contributed by atoms with van der Waals surface area (Å²) in [5.74, 6) is 0.564. The third kappa shape index (κ3) is 6.42. The first-order chi connectivity index (χ1) is 20.8. The van der Waals surface area contributed by atoms with Crippen LogP contribution in [0.3, 0.4) is 0 Å². The highest BCUT2D eigenvalue weighted by Gasteiger charge is 2.32. The van der Waals surface area contributed by atoms with Gasteiger partial charge < -0.3 is 25.1 Å². The molecular formula is C34H38ClN5O3. The van der Waals surface area contributed by atoms with Crippen molar-refractivity contribution in [2.24, 2.45) is 11.1 Å². The number of allylic oxidation sites excluding steroid dienone is 1. The number of esters is 1. The predicted octanol–water partition coefficient (Wildman–Crippen LogP) is 6.52. The number of hydrogen-bond acceptors (Lipinski definition) is 7. The van der Waals surface area contributed by atoms with Gasteiger partial charge in [0.1, 0.15) is 22.7 Å². The Hall–Kier alpha value is -3.85. The highest BCUT2D eigenvalue weighted by Crippen LogP contribution is 2.43. The lowest BCUT2D eigenvalue weighted by Crippen LogP contribution is -2.47. The third-order valence-corrected chi connectivity index (χ3v) is 9.11. The predicted molar refractivity (Wildman–Crippen MR) is 172 cm³/mol. The number of hydrogen-bond donors (Lipinski definition) is 2. The van der Waals surface area contributed by atoms with Crippen molar-refractivity contribution in [3.8, 4) is 11.5 Å². The molecule has 2 aromatic heterocycles. The fourth-order valence-electron chi connectivity index (χ4n) is 6.25. The fourth-order valence-corrected chi connectivity index (χ4v) is 6.37. The molecule has 0 spiro atoms. The van der Waals surface area contributed by atoms with Crippen LogP contribution in [-0.4, -0.2) is 67.2 Å². The maximum absolute atomic E-state index is 12.6. The Morgan fingerprint density at radius 2 is 1.88 bits per heavy atom. The number of aromatic amines is 1. The van der Waals surface area contributed by atoms with Crippen LogP contribution in [0.2, 0.25) is 5.02 Å². The zero-order valence-corrected chi connectivity index (χ0v) is 25.5. The lowest BCUT2D eigenvalue weighted by atomic mass is 9.71. The van der Waals surface area contributed by atoms with Crippen LogP contribution in [0.15, 0.2) is 72.6 Å². The van der Waals surface area contributed by atoms with Crippen LogP contribution in [0.5, 0.6) is 11.5 Å². The van der Waals surface area contributed by atoms with Crippen LogP contribution in [0.4, 0.5) is 5.69 Å². The van der Waals surface area contributed by atoms with Crippen molar-refractivity contribution in [3.05, 3.63) is 88.7 Å². The molecule has 1 atom stereocenters. The summed E-state index contributed by atoms with van der Waals surface area (Å²) in [4.78, 5) is 25.0. The van der Waals surface area contributed by atoms with E-state index in [0.29, 0.717) is 23.6 Å². The summed E-state index contributed by atoms with van der Waals surface area (Å²) in [6, 6.07) is 17.8.